The SMILES string of the molecule is CNC(=O)c1ccc(NCCCN(C)C(C)C)nn1. The fraction of sp³-hybridized carbons (Fsp3) is 0.615. The van der Waals surface area contributed by atoms with E-state index in [1.165, 1.54) is 0 Å². The molecule has 0 saturated heterocycles. The average Bonchev–Trinajstić information content (AvgIpc) is 2.43. The molecule has 19 heavy (non-hydrogen) atoms. The maximum absolute atomic E-state index is 11.3. The van der Waals surface area contributed by atoms with Gasteiger partial charge in [-0.05, 0) is 46.0 Å². The Hall–Kier alpha value is -1.69. The number of amides is 1. The van der Waals surface area contributed by atoms with Crippen molar-refractivity contribution in [1.82, 2.24) is 20.4 Å². The molecule has 6 nitrogen and oxygen atoms in total. The molecule has 1 heterocycles. The predicted molar refractivity (Wildman–Crippen MR) is 76.3 cm³/mol. The Morgan fingerprint density at radius 2 is 2.11 bits per heavy atom. The first-order chi connectivity index (χ1) is 9.04. The van der Waals surface area contributed by atoms with Crippen molar-refractivity contribution in [2.75, 3.05) is 32.5 Å². The van der Waals surface area contributed by atoms with Crippen molar-refractivity contribution < 1.29 is 4.79 Å². The van der Waals surface area contributed by atoms with Crippen LogP contribution in [0.1, 0.15) is 30.8 Å². The van der Waals surface area contributed by atoms with Crippen LogP contribution in [0.3, 0.4) is 0 Å². The topological polar surface area (TPSA) is 70.2 Å². The minimum atomic E-state index is -0.224. The fourth-order valence-corrected chi connectivity index (χ4v) is 1.48. The number of rotatable bonds is 7. The molecular formula is C13H23N5O. The van der Waals surface area contributed by atoms with Gasteiger partial charge >= 0.3 is 0 Å². The molecule has 2 N–H and O–H groups in total. The van der Waals surface area contributed by atoms with Crippen LogP contribution in [0.4, 0.5) is 5.82 Å². The van der Waals surface area contributed by atoms with Crippen LogP contribution < -0.4 is 10.6 Å². The van der Waals surface area contributed by atoms with Crippen LogP contribution in [0.5, 0.6) is 0 Å². The minimum absolute atomic E-state index is 0.224. The maximum Gasteiger partial charge on any atom is 0.271 e. The Morgan fingerprint density at radius 1 is 1.37 bits per heavy atom. The van der Waals surface area contributed by atoms with Gasteiger partial charge in [0, 0.05) is 19.6 Å². The highest BCUT2D eigenvalue weighted by molar-refractivity contribution is 5.91. The Morgan fingerprint density at radius 3 is 2.63 bits per heavy atom. The average molecular weight is 265 g/mol. The molecule has 0 radical (unpaired) electrons. The molecule has 0 aromatic carbocycles. The molecule has 0 bridgehead atoms. The summed E-state index contributed by atoms with van der Waals surface area (Å²) >= 11 is 0. The normalized spacial score (nSPS) is 10.8. The lowest BCUT2D eigenvalue weighted by Crippen LogP contribution is -2.28. The summed E-state index contributed by atoms with van der Waals surface area (Å²) < 4.78 is 0. The minimum Gasteiger partial charge on any atom is -0.369 e. The summed E-state index contributed by atoms with van der Waals surface area (Å²) in [6, 6.07) is 3.99. The summed E-state index contributed by atoms with van der Waals surface area (Å²) in [6.45, 7) is 6.23. The lowest BCUT2D eigenvalue weighted by Gasteiger charge is -2.20. The first kappa shape index (κ1) is 15.4. The van der Waals surface area contributed by atoms with E-state index in [-0.39, 0.29) is 5.91 Å². The van der Waals surface area contributed by atoms with E-state index in [0.29, 0.717) is 17.6 Å². The summed E-state index contributed by atoms with van der Waals surface area (Å²) in [5.41, 5.74) is 0.326. The zero-order chi connectivity index (χ0) is 14.3. The second kappa shape index (κ2) is 7.68. The number of anilines is 1. The van der Waals surface area contributed by atoms with E-state index in [4.69, 9.17) is 0 Å². The Bertz CT molecular complexity index is 391. The second-order valence-corrected chi connectivity index (χ2v) is 4.74. The number of carbonyl (C=O) groups excluding carboxylic acids is 1. The van der Waals surface area contributed by atoms with Gasteiger partial charge < -0.3 is 15.5 Å². The zero-order valence-corrected chi connectivity index (χ0v) is 12.1. The molecule has 0 atom stereocenters. The van der Waals surface area contributed by atoms with Crippen LogP contribution in [-0.2, 0) is 0 Å². The lowest BCUT2D eigenvalue weighted by atomic mass is 10.3. The van der Waals surface area contributed by atoms with Gasteiger partial charge in [0.05, 0.1) is 0 Å². The van der Waals surface area contributed by atoms with Gasteiger partial charge in [0.2, 0.25) is 0 Å². The number of carbonyl (C=O) groups is 1. The lowest BCUT2D eigenvalue weighted by molar-refractivity contribution is 0.0957. The summed E-state index contributed by atoms with van der Waals surface area (Å²) in [6.07, 6.45) is 1.04. The van der Waals surface area contributed by atoms with E-state index in [0.717, 1.165) is 19.5 Å². The number of hydrogen-bond donors (Lipinski definition) is 2. The van der Waals surface area contributed by atoms with E-state index in [9.17, 15) is 4.79 Å². The highest BCUT2D eigenvalue weighted by atomic mass is 16.1. The second-order valence-electron chi connectivity index (χ2n) is 4.74. The molecule has 0 saturated carbocycles. The molecule has 0 aliphatic heterocycles. The van der Waals surface area contributed by atoms with Gasteiger partial charge in [-0.2, -0.15) is 0 Å². The molecule has 1 aromatic heterocycles. The van der Waals surface area contributed by atoms with E-state index in [1.807, 2.05) is 0 Å². The van der Waals surface area contributed by atoms with Crippen molar-refractivity contribution in [3.63, 3.8) is 0 Å². The van der Waals surface area contributed by atoms with Crippen molar-refractivity contribution in [1.29, 1.82) is 0 Å². The fourth-order valence-electron chi connectivity index (χ4n) is 1.48. The standard InChI is InChI=1S/C13H23N5O/c1-10(2)18(4)9-5-8-15-12-7-6-11(16-17-12)13(19)14-3/h6-7,10H,5,8-9H2,1-4H3,(H,14,19)(H,15,17). The van der Waals surface area contributed by atoms with Crippen LogP contribution in [0, 0.1) is 0 Å². The van der Waals surface area contributed by atoms with Crippen molar-refractivity contribution >= 4 is 11.7 Å². The third kappa shape index (κ3) is 5.21. The first-order valence-corrected chi connectivity index (χ1v) is 6.54. The van der Waals surface area contributed by atoms with Crippen LogP contribution in [0.25, 0.3) is 0 Å². The van der Waals surface area contributed by atoms with E-state index in [2.05, 4.69) is 46.6 Å². The van der Waals surface area contributed by atoms with E-state index < -0.39 is 0 Å². The Labute approximate surface area is 114 Å². The number of hydrogen-bond acceptors (Lipinski definition) is 5. The molecular weight excluding hydrogens is 242 g/mol. The molecule has 0 fully saturated rings. The Kier molecular flexibility index (Phi) is 6.21. The van der Waals surface area contributed by atoms with Crippen molar-refractivity contribution in [2.24, 2.45) is 0 Å². The maximum atomic E-state index is 11.3. The van der Waals surface area contributed by atoms with Gasteiger partial charge in [-0.25, -0.2) is 0 Å². The van der Waals surface area contributed by atoms with Crippen LogP contribution >= 0.6 is 0 Å². The highest BCUT2D eigenvalue weighted by Crippen LogP contribution is 2.02. The third-order valence-corrected chi connectivity index (χ3v) is 3.00. The van der Waals surface area contributed by atoms with Gasteiger partial charge in [-0.15, -0.1) is 10.2 Å². The van der Waals surface area contributed by atoms with Crippen molar-refractivity contribution in [2.45, 2.75) is 26.3 Å². The number of nitrogens with zero attached hydrogens (tertiary/aromatic N) is 3. The van der Waals surface area contributed by atoms with E-state index >= 15 is 0 Å². The quantitative estimate of drug-likeness (QED) is 0.719. The van der Waals surface area contributed by atoms with E-state index in [1.54, 1.807) is 19.2 Å². The first-order valence-electron chi connectivity index (χ1n) is 6.54. The molecule has 1 rings (SSSR count). The highest BCUT2D eigenvalue weighted by Gasteiger charge is 2.05. The molecule has 0 unspecified atom stereocenters. The van der Waals surface area contributed by atoms with Crippen LogP contribution in [0.15, 0.2) is 12.1 Å². The van der Waals surface area contributed by atoms with Crippen LogP contribution in [-0.4, -0.2) is 54.2 Å². The summed E-state index contributed by atoms with van der Waals surface area (Å²) in [5, 5.41) is 13.5. The molecule has 1 aromatic rings. The van der Waals surface area contributed by atoms with Crippen LogP contribution in [0.2, 0.25) is 0 Å². The number of aromatic nitrogens is 2. The third-order valence-electron chi connectivity index (χ3n) is 3.00. The van der Waals surface area contributed by atoms with Crippen molar-refractivity contribution in [3.05, 3.63) is 17.8 Å². The van der Waals surface area contributed by atoms with Gasteiger partial charge in [0.15, 0.2) is 5.69 Å². The summed E-state index contributed by atoms with van der Waals surface area (Å²) in [4.78, 5) is 13.6. The summed E-state index contributed by atoms with van der Waals surface area (Å²) in [5.74, 6) is 0.470. The van der Waals surface area contributed by atoms with Gasteiger partial charge in [-0.1, -0.05) is 0 Å². The zero-order valence-electron chi connectivity index (χ0n) is 12.1. The molecule has 0 aliphatic carbocycles. The molecule has 6 heteroatoms. The molecule has 0 aliphatic rings. The predicted octanol–water partition coefficient (Wildman–Crippen LogP) is 0.978. The van der Waals surface area contributed by atoms with Gasteiger partial charge in [-0.3, -0.25) is 4.79 Å². The molecule has 0 spiro atoms. The molecule has 1 amide bonds. The largest absolute Gasteiger partial charge is 0.369 e. The smallest absolute Gasteiger partial charge is 0.271 e. The molecule has 106 valence electrons. The Balaban J connectivity index is 2.32. The van der Waals surface area contributed by atoms with Crippen molar-refractivity contribution in [3.8, 4) is 0 Å². The van der Waals surface area contributed by atoms with Gasteiger partial charge in [0.1, 0.15) is 5.82 Å². The summed E-state index contributed by atoms with van der Waals surface area (Å²) in [7, 11) is 3.68. The monoisotopic (exact) mass is 265 g/mol. The van der Waals surface area contributed by atoms with Gasteiger partial charge in [0.25, 0.3) is 5.91 Å². The number of nitrogens with one attached hydrogen (secondary N) is 2.